The minimum atomic E-state index is -0.394. The van der Waals surface area contributed by atoms with Gasteiger partial charge in [0.1, 0.15) is 18.1 Å². The summed E-state index contributed by atoms with van der Waals surface area (Å²) in [7, 11) is 8.81. The zero-order valence-corrected chi connectivity index (χ0v) is 31.8. The number of primary amides is 1. The molecule has 1 aromatic heterocycles. The summed E-state index contributed by atoms with van der Waals surface area (Å²) in [6.45, 7) is 10.9. The van der Waals surface area contributed by atoms with Crippen LogP contribution in [0.2, 0.25) is 0 Å². The number of likely N-dealkylation sites (N-methyl/N-ethyl adjacent to an activating group) is 2. The Bertz CT molecular complexity index is 1820. The summed E-state index contributed by atoms with van der Waals surface area (Å²) in [6, 6.07) is 21.9. The molecule has 1 fully saturated rings. The van der Waals surface area contributed by atoms with Crippen molar-refractivity contribution in [2.24, 2.45) is 5.73 Å². The fourth-order valence-corrected chi connectivity index (χ4v) is 6.65. The van der Waals surface area contributed by atoms with E-state index in [1.807, 2.05) is 62.4 Å². The SMILES string of the molecule is C=CCOc1ccc(C(C)C(=O)N(C)C)cc1.COc1ccc(C(C)C(=O)N(C)C)cc1CCN1CCC(n2ccc3ccc(C(N)=O)cc32)CC1. The molecule has 1 saturated heterocycles. The standard InChI is InChI=1S/C28H36N4O3.C14H19NO2/c1-19(28(34)30(2)3)21-7-8-26(35-4)22(17-21)9-13-31-14-11-24(12-15-31)32-16-10-20-5-6-23(27(29)33)18-25(20)32;1-5-10-17-13-8-6-12(7-9-13)11(2)14(16)15(3)4/h5-8,10,16-19,24H,9,11-15H2,1-4H3,(H2,29,33);5-9,11H,1,10H2,2-4H3. The topological polar surface area (TPSA) is 110 Å². The van der Waals surface area contributed by atoms with Gasteiger partial charge < -0.3 is 34.5 Å². The van der Waals surface area contributed by atoms with Crippen LogP contribution in [0.4, 0.5) is 0 Å². The fourth-order valence-electron chi connectivity index (χ4n) is 6.65. The van der Waals surface area contributed by atoms with E-state index in [9.17, 15) is 14.4 Å². The number of hydrogen-bond acceptors (Lipinski definition) is 6. The van der Waals surface area contributed by atoms with Crippen LogP contribution in [0.15, 0.2) is 85.6 Å². The summed E-state index contributed by atoms with van der Waals surface area (Å²) in [4.78, 5) is 41.6. The molecular formula is C42H55N5O5. The maximum Gasteiger partial charge on any atom is 0.248 e. The van der Waals surface area contributed by atoms with E-state index < -0.39 is 5.91 Å². The van der Waals surface area contributed by atoms with Gasteiger partial charge in [-0.25, -0.2) is 0 Å². The quantitative estimate of drug-likeness (QED) is 0.164. The zero-order chi connectivity index (χ0) is 37.9. The Morgan fingerprint density at radius 2 is 1.50 bits per heavy atom. The molecule has 0 bridgehead atoms. The number of nitrogens with zero attached hydrogens (tertiary/aromatic N) is 4. The number of fused-ring (bicyclic) bond motifs is 1. The highest BCUT2D eigenvalue weighted by Crippen LogP contribution is 2.30. The van der Waals surface area contributed by atoms with Crippen LogP contribution in [-0.2, 0) is 16.0 Å². The number of nitrogens with two attached hydrogens (primary N) is 1. The third kappa shape index (κ3) is 10.0. The van der Waals surface area contributed by atoms with Gasteiger partial charge in [-0.05, 0) is 91.6 Å². The molecule has 278 valence electrons. The summed E-state index contributed by atoms with van der Waals surface area (Å²) in [5.74, 6) is 1.16. The van der Waals surface area contributed by atoms with Gasteiger partial charge in [0.15, 0.2) is 0 Å². The average molecular weight is 710 g/mol. The number of hydrogen-bond donors (Lipinski definition) is 1. The smallest absolute Gasteiger partial charge is 0.248 e. The molecule has 0 saturated carbocycles. The summed E-state index contributed by atoms with van der Waals surface area (Å²) in [5, 5.41) is 1.13. The second-order valence-electron chi connectivity index (χ2n) is 13.8. The number of ether oxygens (including phenoxy) is 2. The monoisotopic (exact) mass is 709 g/mol. The van der Waals surface area contributed by atoms with Crippen LogP contribution in [0.25, 0.3) is 10.9 Å². The summed E-state index contributed by atoms with van der Waals surface area (Å²) < 4.78 is 13.3. The summed E-state index contributed by atoms with van der Waals surface area (Å²) in [6.07, 6.45) is 6.81. The van der Waals surface area contributed by atoms with Gasteiger partial charge in [0, 0.05) is 71.1 Å². The van der Waals surface area contributed by atoms with Gasteiger partial charge >= 0.3 is 0 Å². The van der Waals surface area contributed by atoms with E-state index in [1.54, 1.807) is 57.2 Å². The molecule has 10 heteroatoms. The molecule has 2 N–H and O–H groups in total. The third-order valence-corrected chi connectivity index (χ3v) is 9.83. The number of aromatic nitrogens is 1. The first-order valence-corrected chi connectivity index (χ1v) is 17.9. The Balaban J connectivity index is 0.000000299. The predicted octanol–water partition coefficient (Wildman–Crippen LogP) is 6.26. The van der Waals surface area contributed by atoms with Crippen LogP contribution in [0, 0.1) is 0 Å². The Kier molecular flexibility index (Phi) is 14.1. The van der Waals surface area contributed by atoms with Crippen molar-refractivity contribution in [3.63, 3.8) is 0 Å². The number of amides is 3. The Morgan fingerprint density at radius 3 is 2.08 bits per heavy atom. The molecule has 0 aliphatic carbocycles. The Morgan fingerprint density at radius 1 is 0.885 bits per heavy atom. The summed E-state index contributed by atoms with van der Waals surface area (Å²) in [5.41, 5.74) is 10.3. The largest absolute Gasteiger partial charge is 0.496 e. The Labute approximate surface area is 308 Å². The number of benzene rings is 3. The number of likely N-dealkylation sites (tertiary alicyclic amines) is 1. The Hall–Kier alpha value is -5.09. The molecule has 52 heavy (non-hydrogen) atoms. The van der Waals surface area contributed by atoms with Crippen molar-refractivity contribution in [1.29, 1.82) is 0 Å². The van der Waals surface area contributed by atoms with Crippen molar-refractivity contribution in [2.75, 3.05) is 61.5 Å². The number of carbonyl (C=O) groups excluding carboxylic acids is 3. The van der Waals surface area contributed by atoms with Gasteiger partial charge in [0.25, 0.3) is 0 Å². The predicted molar refractivity (Wildman–Crippen MR) is 208 cm³/mol. The van der Waals surface area contributed by atoms with Crippen LogP contribution in [0.3, 0.4) is 0 Å². The van der Waals surface area contributed by atoms with Crippen LogP contribution in [0.5, 0.6) is 11.5 Å². The van der Waals surface area contributed by atoms with Crippen LogP contribution >= 0.6 is 0 Å². The zero-order valence-electron chi connectivity index (χ0n) is 31.8. The van der Waals surface area contributed by atoms with Gasteiger partial charge in [-0.2, -0.15) is 0 Å². The van der Waals surface area contributed by atoms with Gasteiger partial charge in [-0.15, -0.1) is 0 Å². The molecule has 5 rings (SSSR count). The number of piperidine rings is 1. The molecule has 0 radical (unpaired) electrons. The van der Waals surface area contributed by atoms with Crippen LogP contribution < -0.4 is 15.2 Å². The lowest BCUT2D eigenvalue weighted by Crippen LogP contribution is -2.35. The first-order valence-electron chi connectivity index (χ1n) is 17.9. The molecule has 2 unspecified atom stereocenters. The van der Waals surface area contributed by atoms with Crippen molar-refractivity contribution in [3.05, 3.63) is 108 Å². The molecule has 1 aliphatic rings. The van der Waals surface area contributed by atoms with Crippen LogP contribution in [-0.4, -0.2) is 98.5 Å². The van der Waals surface area contributed by atoms with Crippen LogP contribution in [0.1, 0.15) is 71.6 Å². The molecule has 4 aromatic rings. The van der Waals surface area contributed by atoms with Gasteiger partial charge in [0.05, 0.1) is 18.9 Å². The molecule has 3 aromatic carbocycles. The maximum absolute atomic E-state index is 12.4. The average Bonchev–Trinajstić information content (AvgIpc) is 3.59. The number of carbonyl (C=O) groups is 3. The highest BCUT2D eigenvalue weighted by atomic mass is 16.5. The molecule has 2 atom stereocenters. The van der Waals surface area contributed by atoms with E-state index in [-0.39, 0.29) is 23.7 Å². The molecular weight excluding hydrogens is 654 g/mol. The minimum absolute atomic E-state index is 0.101. The molecule has 3 amide bonds. The number of rotatable bonds is 13. The normalized spacial score (nSPS) is 14.4. The highest BCUT2D eigenvalue weighted by Gasteiger charge is 2.23. The van der Waals surface area contributed by atoms with E-state index in [0.717, 1.165) is 78.0 Å². The van der Waals surface area contributed by atoms with E-state index in [2.05, 4.69) is 34.4 Å². The first-order chi connectivity index (χ1) is 24.8. The minimum Gasteiger partial charge on any atom is -0.496 e. The van der Waals surface area contributed by atoms with E-state index >= 15 is 0 Å². The second-order valence-corrected chi connectivity index (χ2v) is 13.8. The summed E-state index contributed by atoms with van der Waals surface area (Å²) >= 11 is 0. The van der Waals surface area contributed by atoms with E-state index in [1.165, 1.54) is 0 Å². The van der Waals surface area contributed by atoms with Gasteiger partial charge in [-0.1, -0.05) is 43.0 Å². The highest BCUT2D eigenvalue weighted by molar-refractivity contribution is 5.97. The van der Waals surface area contributed by atoms with Crippen molar-refractivity contribution < 1.29 is 23.9 Å². The molecule has 2 heterocycles. The van der Waals surface area contributed by atoms with E-state index in [0.29, 0.717) is 18.2 Å². The van der Waals surface area contributed by atoms with Crippen molar-refractivity contribution >= 4 is 28.6 Å². The lowest BCUT2D eigenvalue weighted by atomic mass is 9.96. The van der Waals surface area contributed by atoms with Crippen molar-refractivity contribution in [2.45, 2.75) is 51.0 Å². The van der Waals surface area contributed by atoms with Gasteiger partial charge in [0.2, 0.25) is 17.7 Å². The maximum atomic E-state index is 12.4. The molecule has 0 spiro atoms. The first kappa shape index (κ1) is 39.7. The number of methoxy groups -OCH3 is 1. The van der Waals surface area contributed by atoms with E-state index in [4.69, 9.17) is 15.2 Å². The third-order valence-electron chi connectivity index (χ3n) is 9.83. The van der Waals surface area contributed by atoms with Gasteiger partial charge in [-0.3, -0.25) is 14.4 Å². The van der Waals surface area contributed by atoms with Crippen molar-refractivity contribution in [3.8, 4) is 11.5 Å². The molecule has 10 nitrogen and oxygen atoms in total. The second kappa shape index (κ2) is 18.4. The molecule has 1 aliphatic heterocycles. The lowest BCUT2D eigenvalue weighted by molar-refractivity contribution is -0.130. The lowest BCUT2D eigenvalue weighted by Gasteiger charge is -2.33. The van der Waals surface area contributed by atoms with Crippen molar-refractivity contribution in [1.82, 2.24) is 19.3 Å². The fraction of sp³-hybridized carbons (Fsp3) is 0.405.